The third-order valence-electron chi connectivity index (χ3n) is 3.44. The smallest absolute Gasteiger partial charge is 0.121 e. The number of benzene rings is 1. The van der Waals surface area contributed by atoms with Gasteiger partial charge in [0.05, 0.1) is 0 Å². The second-order valence-corrected chi connectivity index (χ2v) is 5.96. The van der Waals surface area contributed by atoms with E-state index >= 15 is 0 Å². The predicted molar refractivity (Wildman–Crippen MR) is 74.2 cm³/mol. The Morgan fingerprint density at radius 2 is 2.29 bits per heavy atom. The Bertz CT molecular complexity index is 388. The molecule has 92 valence electrons. The summed E-state index contributed by atoms with van der Waals surface area (Å²) in [4.78, 5) is 0. The first kappa shape index (κ1) is 11.3. The van der Waals surface area contributed by atoms with Crippen LogP contribution in [0.15, 0.2) is 18.2 Å². The van der Waals surface area contributed by atoms with Crippen LogP contribution in [0.3, 0.4) is 0 Å². The van der Waals surface area contributed by atoms with Crippen molar-refractivity contribution in [2.45, 2.75) is 31.8 Å². The molecule has 0 aliphatic carbocycles. The lowest BCUT2D eigenvalue weighted by Gasteiger charge is -2.24. The fourth-order valence-corrected chi connectivity index (χ4v) is 3.54. The molecule has 0 radical (unpaired) electrons. The van der Waals surface area contributed by atoms with Gasteiger partial charge in [0.15, 0.2) is 0 Å². The molecule has 1 aromatic rings. The van der Waals surface area contributed by atoms with E-state index in [0.29, 0.717) is 6.10 Å². The molecule has 3 heteroatoms. The number of rotatable bonds is 2. The standard InChI is InChI=1S/C14H19NOS/c1-3-11-5-6-12(9-14(11)15-7-1)16-13-4-2-8-17-10-13/h5-6,9,13,15H,1-4,7-8,10H2. The van der Waals surface area contributed by atoms with Gasteiger partial charge in [-0.1, -0.05) is 6.07 Å². The highest BCUT2D eigenvalue weighted by Crippen LogP contribution is 2.29. The van der Waals surface area contributed by atoms with Crippen LogP contribution in [-0.4, -0.2) is 24.2 Å². The number of thioether (sulfide) groups is 1. The Hall–Kier alpha value is -0.830. The fourth-order valence-electron chi connectivity index (χ4n) is 2.51. The van der Waals surface area contributed by atoms with Crippen LogP contribution in [0.2, 0.25) is 0 Å². The number of aryl methyl sites for hydroxylation is 1. The molecule has 0 saturated carbocycles. The van der Waals surface area contributed by atoms with Gasteiger partial charge >= 0.3 is 0 Å². The van der Waals surface area contributed by atoms with Crippen molar-refractivity contribution in [1.29, 1.82) is 0 Å². The van der Waals surface area contributed by atoms with Crippen LogP contribution in [0.25, 0.3) is 0 Å². The summed E-state index contributed by atoms with van der Waals surface area (Å²) in [6, 6.07) is 6.52. The molecule has 2 heterocycles. The van der Waals surface area contributed by atoms with Crippen molar-refractivity contribution in [1.82, 2.24) is 0 Å². The summed E-state index contributed by atoms with van der Waals surface area (Å²) >= 11 is 2.01. The topological polar surface area (TPSA) is 21.3 Å². The molecule has 2 aliphatic rings. The second kappa shape index (κ2) is 5.21. The van der Waals surface area contributed by atoms with Crippen LogP contribution in [0.5, 0.6) is 5.75 Å². The Morgan fingerprint density at radius 3 is 3.18 bits per heavy atom. The molecule has 0 aromatic heterocycles. The number of anilines is 1. The van der Waals surface area contributed by atoms with Crippen molar-refractivity contribution in [2.75, 3.05) is 23.4 Å². The summed E-state index contributed by atoms with van der Waals surface area (Å²) in [6.07, 6.45) is 5.35. The molecule has 2 nitrogen and oxygen atoms in total. The summed E-state index contributed by atoms with van der Waals surface area (Å²) in [5.74, 6) is 3.47. The molecule has 1 N–H and O–H groups in total. The Kier molecular flexibility index (Phi) is 3.46. The maximum atomic E-state index is 6.06. The second-order valence-electron chi connectivity index (χ2n) is 4.81. The molecule has 17 heavy (non-hydrogen) atoms. The van der Waals surface area contributed by atoms with Gasteiger partial charge in [0.25, 0.3) is 0 Å². The molecule has 1 saturated heterocycles. The van der Waals surface area contributed by atoms with Crippen LogP contribution >= 0.6 is 11.8 Å². The van der Waals surface area contributed by atoms with E-state index in [1.54, 1.807) is 0 Å². The van der Waals surface area contributed by atoms with Gasteiger partial charge in [-0.25, -0.2) is 0 Å². The highest BCUT2D eigenvalue weighted by atomic mass is 32.2. The van der Waals surface area contributed by atoms with Gasteiger partial charge in [-0.2, -0.15) is 11.8 Å². The molecule has 3 rings (SSSR count). The first-order valence-electron chi connectivity index (χ1n) is 6.53. The first-order valence-corrected chi connectivity index (χ1v) is 7.68. The molecule has 0 spiro atoms. The summed E-state index contributed by atoms with van der Waals surface area (Å²) in [6.45, 7) is 1.09. The van der Waals surface area contributed by atoms with E-state index in [1.807, 2.05) is 11.8 Å². The number of ether oxygens (including phenoxy) is 1. The molecule has 2 aliphatic heterocycles. The Balaban J connectivity index is 1.70. The molecule has 0 amide bonds. The Morgan fingerprint density at radius 1 is 1.29 bits per heavy atom. The van der Waals surface area contributed by atoms with Gasteiger partial charge in [0, 0.05) is 24.1 Å². The third-order valence-corrected chi connectivity index (χ3v) is 4.63. The number of nitrogens with one attached hydrogen (secondary N) is 1. The number of hydrogen-bond donors (Lipinski definition) is 1. The first-order chi connectivity index (χ1) is 8.42. The lowest BCUT2D eigenvalue weighted by Crippen LogP contribution is -2.23. The van der Waals surface area contributed by atoms with E-state index < -0.39 is 0 Å². The van der Waals surface area contributed by atoms with Crippen molar-refractivity contribution >= 4 is 17.4 Å². The maximum absolute atomic E-state index is 6.06. The summed E-state index contributed by atoms with van der Waals surface area (Å²) in [5, 5.41) is 3.46. The molecule has 1 atom stereocenters. The molecule has 1 fully saturated rings. The molecule has 0 bridgehead atoms. The van der Waals surface area contributed by atoms with Gasteiger partial charge < -0.3 is 10.1 Å². The average Bonchev–Trinajstić information content (AvgIpc) is 2.40. The largest absolute Gasteiger partial charge is 0.489 e. The van der Waals surface area contributed by atoms with E-state index in [-0.39, 0.29) is 0 Å². The zero-order valence-corrected chi connectivity index (χ0v) is 10.9. The van der Waals surface area contributed by atoms with Gasteiger partial charge in [0.2, 0.25) is 0 Å². The van der Waals surface area contributed by atoms with Crippen molar-refractivity contribution in [3.05, 3.63) is 23.8 Å². The normalized spacial score (nSPS) is 23.6. The number of fused-ring (bicyclic) bond motifs is 1. The minimum atomic E-state index is 0.412. The van der Waals surface area contributed by atoms with E-state index in [2.05, 4.69) is 23.5 Å². The van der Waals surface area contributed by atoms with Gasteiger partial charge in [-0.15, -0.1) is 0 Å². The number of hydrogen-bond acceptors (Lipinski definition) is 3. The van der Waals surface area contributed by atoms with Crippen LogP contribution in [0, 0.1) is 0 Å². The van der Waals surface area contributed by atoms with Crippen LogP contribution in [-0.2, 0) is 6.42 Å². The zero-order valence-electron chi connectivity index (χ0n) is 10.1. The molecular formula is C14H19NOS. The predicted octanol–water partition coefficient (Wildman–Crippen LogP) is 3.32. The van der Waals surface area contributed by atoms with Crippen molar-refractivity contribution in [3.8, 4) is 5.75 Å². The molecule has 1 aromatic carbocycles. The summed E-state index contributed by atoms with van der Waals surface area (Å²) < 4.78 is 6.06. The van der Waals surface area contributed by atoms with Gasteiger partial charge in [-0.3, -0.25) is 0 Å². The highest BCUT2D eigenvalue weighted by molar-refractivity contribution is 7.99. The van der Waals surface area contributed by atoms with Crippen LogP contribution in [0.1, 0.15) is 24.8 Å². The van der Waals surface area contributed by atoms with Crippen molar-refractivity contribution < 1.29 is 4.74 Å². The fraction of sp³-hybridized carbons (Fsp3) is 0.571. The maximum Gasteiger partial charge on any atom is 0.121 e. The third kappa shape index (κ3) is 2.71. The Labute approximate surface area is 107 Å². The molecule has 1 unspecified atom stereocenters. The highest BCUT2D eigenvalue weighted by Gasteiger charge is 2.16. The van der Waals surface area contributed by atoms with E-state index in [1.165, 1.54) is 42.7 Å². The van der Waals surface area contributed by atoms with E-state index in [4.69, 9.17) is 4.74 Å². The van der Waals surface area contributed by atoms with E-state index in [9.17, 15) is 0 Å². The van der Waals surface area contributed by atoms with Gasteiger partial charge in [-0.05, 0) is 43.1 Å². The van der Waals surface area contributed by atoms with Gasteiger partial charge in [0.1, 0.15) is 11.9 Å². The minimum Gasteiger partial charge on any atom is -0.489 e. The SMILES string of the molecule is c1cc2c(cc1OC1CCCSC1)NCCC2. The van der Waals surface area contributed by atoms with E-state index in [0.717, 1.165) is 18.0 Å². The zero-order chi connectivity index (χ0) is 11.5. The lowest BCUT2D eigenvalue weighted by molar-refractivity contribution is 0.211. The molecular weight excluding hydrogens is 230 g/mol. The van der Waals surface area contributed by atoms with Crippen molar-refractivity contribution in [2.24, 2.45) is 0 Å². The van der Waals surface area contributed by atoms with Crippen LogP contribution < -0.4 is 10.1 Å². The van der Waals surface area contributed by atoms with Crippen LogP contribution in [0.4, 0.5) is 5.69 Å². The lowest BCUT2D eigenvalue weighted by atomic mass is 10.0. The minimum absolute atomic E-state index is 0.412. The van der Waals surface area contributed by atoms with Crippen molar-refractivity contribution in [3.63, 3.8) is 0 Å². The quantitative estimate of drug-likeness (QED) is 0.869. The average molecular weight is 249 g/mol. The summed E-state index contributed by atoms with van der Waals surface area (Å²) in [5.41, 5.74) is 2.71. The summed E-state index contributed by atoms with van der Waals surface area (Å²) in [7, 11) is 0. The monoisotopic (exact) mass is 249 g/mol.